The Morgan fingerprint density at radius 3 is 3.07 bits per heavy atom. The lowest BCUT2D eigenvalue weighted by atomic mass is 10.1. The molecule has 2 rings (SSSR count). The molecule has 2 heterocycles. The third-order valence-corrected chi connectivity index (χ3v) is 2.59. The quantitative estimate of drug-likeness (QED) is 0.797. The molecule has 4 heteroatoms. The highest BCUT2D eigenvalue weighted by Crippen LogP contribution is 2.23. The molecule has 0 aliphatic carbocycles. The fraction of sp³-hybridized carbons (Fsp3) is 0.700. The van der Waals surface area contributed by atoms with Gasteiger partial charge in [0.1, 0.15) is 0 Å². The second-order valence-corrected chi connectivity index (χ2v) is 3.53. The number of nitrogens with zero attached hydrogens (tertiary/aromatic N) is 2. The fourth-order valence-electron chi connectivity index (χ4n) is 1.87. The SMILES string of the molecule is CCNc1nccn1C1CCOCC1. The molecule has 0 spiro atoms. The molecule has 1 aromatic rings. The molecule has 1 aliphatic rings. The molecule has 1 fully saturated rings. The van der Waals surface area contributed by atoms with Gasteiger partial charge in [-0.3, -0.25) is 0 Å². The molecule has 1 aromatic heterocycles. The first kappa shape index (κ1) is 9.52. The minimum Gasteiger partial charge on any atom is -0.381 e. The summed E-state index contributed by atoms with van der Waals surface area (Å²) in [6, 6.07) is 0.556. The second kappa shape index (κ2) is 4.46. The van der Waals surface area contributed by atoms with Crippen molar-refractivity contribution in [2.75, 3.05) is 25.1 Å². The Hall–Kier alpha value is -1.03. The van der Waals surface area contributed by atoms with Crippen LogP contribution in [0.25, 0.3) is 0 Å². The lowest BCUT2D eigenvalue weighted by Crippen LogP contribution is -2.20. The molecule has 1 aliphatic heterocycles. The molecule has 1 saturated heterocycles. The van der Waals surface area contributed by atoms with Crippen LogP contribution in [0.4, 0.5) is 5.95 Å². The Kier molecular flexibility index (Phi) is 3.03. The highest BCUT2D eigenvalue weighted by Gasteiger charge is 2.17. The predicted octanol–water partition coefficient (Wildman–Crippen LogP) is 1.67. The molecule has 78 valence electrons. The Bertz CT molecular complexity index is 279. The van der Waals surface area contributed by atoms with Crippen LogP contribution >= 0.6 is 0 Å². The van der Waals surface area contributed by atoms with E-state index < -0.39 is 0 Å². The zero-order valence-corrected chi connectivity index (χ0v) is 8.57. The van der Waals surface area contributed by atoms with E-state index in [1.165, 1.54) is 0 Å². The summed E-state index contributed by atoms with van der Waals surface area (Å²) in [5.74, 6) is 0.986. The van der Waals surface area contributed by atoms with Gasteiger partial charge in [-0.2, -0.15) is 0 Å². The minimum absolute atomic E-state index is 0.556. The maximum Gasteiger partial charge on any atom is 0.203 e. The van der Waals surface area contributed by atoms with Crippen molar-refractivity contribution >= 4 is 5.95 Å². The number of anilines is 1. The van der Waals surface area contributed by atoms with Gasteiger partial charge in [0.15, 0.2) is 0 Å². The number of nitrogens with one attached hydrogen (secondary N) is 1. The Morgan fingerprint density at radius 2 is 2.36 bits per heavy atom. The molecule has 0 amide bonds. The lowest BCUT2D eigenvalue weighted by Gasteiger charge is -2.24. The Morgan fingerprint density at radius 1 is 1.57 bits per heavy atom. The predicted molar refractivity (Wildman–Crippen MR) is 55.5 cm³/mol. The number of aromatic nitrogens is 2. The number of hydrogen-bond acceptors (Lipinski definition) is 3. The first-order valence-corrected chi connectivity index (χ1v) is 5.26. The van der Waals surface area contributed by atoms with Crippen LogP contribution in [-0.4, -0.2) is 29.3 Å². The van der Waals surface area contributed by atoms with Crippen molar-refractivity contribution in [1.29, 1.82) is 0 Å². The normalized spacial score (nSPS) is 18.4. The summed E-state index contributed by atoms with van der Waals surface area (Å²) in [7, 11) is 0. The summed E-state index contributed by atoms with van der Waals surface area (Å²) in [5, 5.41) is 3.26. The Labute approximate surface area is 84.3 Å². The molecule has 0 aromatic carbocycles. The van der Waals surface area contributed by atoms with E-state index in [4.69, 9.17) is 4.74 Å². The van der Waals surface area contributed by atoms with Crippen LogP contribution in [0.1, 0.15) is 25.8 Å². The van der Waals surface area contributed by atoms with Crippen LogP contribution in [0.3, 0.4) is 0 Å². The number of imidazole rings is 1. The van der Waals surface area contributed by atoms with Gasteiger partial charge in [0, 0.05) is 38.2 Å². The molecular formula is C10H17N3O. The largest absolute Gasteiger partial charge is 0.381 e. The van der Waals surface area contributed by atoms with E-state index in [-0.39, 0.29) is 0 Å². The van der Waals surface area contributed by atoms with E-state index in [1.54, 1.807) is 0 Å². The van der Waals surface area contributed by atoms with Gasteiger partial charge in [-0.1, -0.05) is 0 Å². The van der Waals surface area contributed by atoms with E-state index in [9.17, 15) is 0 Å². The highest BCUT2D eigenvalue weighted by molar-refractivity contribution is 5.26. The van der Waals surface area contributed by atoms with Gasteiger partial charge >= 0.3 is 0 Å². The average molecular weight is 195 g/mol. The molecule has 0 radical (unpaired) electrons. The first-order valence-electron chi connectivity index (χ1n) is 5.26. The zero-order valence-electron chi connectivity index (χ0n) is 8.57. The number of rotatable bonds is 3. The summed E-state index contributed by atoms with van der Waals surface area (Å²) in [5.41, 5.74) is 0. The summed E-state index contributed by atoms with van der Waals surface area (Å²) in [4.78, 5) is 4.29. The highest BCUT2D eigenvalue weighted by atomic mass is 16.5. The third kappa shape index (κ3) is 1.90. The van der Waals surface area contributed by atoms with Crippen LogP contribution in [0.5, 0.6) is 0 Å². The van der Waals surface area contributed by atoms with Gasteiger partial charge in [0.05, 0.1) is 0 Å². The maximum absolute atomic E-state index is 5.34. The second-order valence-electron chi connectivity index (χ2n) is 3.53. The fourth-order valence-corrected chi connectivity index (χ4v) is 1.87. The molecular weight excluding hydrogens is 178 g/mol. The average Bonchev–Trinajstić information content (AvgIpc) is 2.68. The molecule has 0 unspecified atom stereocenters. The van der Waals surface area contributed by atoms with Crippen molar-refractivity contribution in [3.05, 3.63) is 12.4 Å². The number of ether oxygens (including phenoxy) is 1. The smallest absolute Gasteiger partial charge is 0.203 e. The molecule has 0 saturated carbocycles. The van der Waals surface area contributed by atoms with E-state index in [1.807, 2.05) is 12.4 Å². The minimum atomic E-state index is 0.556. The van der Waals surface area contributed by atoms with Gasteiger partial charge in [-0.15, -0.1) is 0 Å². The van der Waals surface area contributed by atoms with Crippen molar-refractivity contribution in [2.24, 2.45) is 0 Å². The van der Waals surface area contributed by atoms with Gasteiger partial charge in [-0.05, 0) is 19.8 Å². The van der Waals surface area contributed by atoms with Gasteiger partial charge in [0.25, 0.3) is 0 Å². The van der Waals surface area contributed by atoms with Crippen molar-refractivity contribution < 1.29 is 4.74 Å². The van der Waals surface area contributed by atoms with Crippen LogP contribution in [-0.2, 0) is 4.74 Å². The molecule has 0 atom stereocenters. The zero-order chi connectivity index (χ0) is 9.80. The van der Waals surface area contributed by atoms with Crippen molar-refractivity contribution in [3.63, 3.8) is 0 Å². The molecule has 14 heavy (non-hydrogen) atoms. The third-order valence-electron chi connectivity index (χ3n) is 2.59. The summed E-state index contributed by atoms with van der Waals surface area (Å²) in [6.07, 6.45) is 6.09. The van der Waals surface area contributed by atoms with Crippen LogP contribution in [0.15, 0.2) is 12.4 Å². The monoisotopic (exact) mass is 195 g/mol. The van der Waals surface area contributed by atoms with E-state index >= 15 is 0 Å². The Balaban J connectivity index is 2.09. The summed E-state index contributed by atoms with van der Waals surface area (Å²) in [6.45, 7) is 4.74. The van der Waals surface area contributed by atoms with E-state index in [0.29, 0.717) is 6.04 Å². The first-order chi connectivity index (χ1) is 6.92. The van der Waals surface area contributed by atoms with Gasteiger partial charge in [0.2, 0.25) is 5.95 Å². The standard InChI is InChI=1S/C10H17N3O/c1-2-11-10-12-5-6-13(10)9-3-7-14-8-4-9/h5-6,9H,2-4,7-8H2,1H3,(H,11,12). The van der Waals surface area contributed by atoms with Gasteiger partial charge < -0.3 is 14.6 Å². The number of hydrogen-bond donors (Lipinski definition) is 1. The molecule has 0 bridgehead atoms. The molecule has 1 N–H and O–H groups in total. The molecule has 4 nitrogen and oxygen atoms in total. The van der Waals surface area contributed by atoms with E-state index in [0.717, 1.165) is 38.5 Å². The van der Waals surface area contributed by atoms with Crippen LogP contribution in [0, 0.1) is 0 Å². The van der Waals surface area contributed by atoms with Crippen molar-refractivity contribution in [1.82, 2.24) is 9.55 Å². The van der Waals surface area contributed by atoms with Gasteiger partial charge in [-0.25, -0.2) is 4.98 Å². The maximum atomic E-state index is 5.34. The van der Waals surface area contributed by atoms with Crippen LogP contribution in [0.2, 0.25) is 0 Å². The topological polar surface area (TPSA) is 39.1 Å². The van der Waals surface area contributed by atoms with Crippen molar-refractivity contribution in [2.45, 2.75) is 25.8 Å². The lowest BCUT2D eigenvalue weighted by molar-refractivity contribution is 0.0701. The summed E-state index contributed by atoms with van der Waals surface area (Å²) >= 11 is 0. The van der Waals surface area contributed by atoms with Crippen molar-refractivity contribution in [3.8, 4) is 0 Å². The summed E-state index contributed by atoms with van der Waals surface area (Å²) < 4.78 is 7.57. The van der Waals surface area contributed by atoms with E-state index in [2.05, 4.69) is 21.8 Å². The van der Waals surface area contributed by atoms with Crippen LogP contribution < -0.4 is 5.32 Å².